The topological polar surface area (TPSA) is 99.2 Å². The number of para-hydroxylation sites is 1. The summed E-state index contributed by atoms with van der Waals surface area (Å²) in [6.07, 6.45) is 2.11. The predicted octanol–water partition coefficient (Wildman–Crippen LogP) is 3.36. The van der Waals surface area contributed by atoms with Gasteiger partial charge in [-0.05, 0) is 44.9 Å². The van der Waals surface area contributed by atoms with Crippen LogP contribution in [0.15, 0.2) is 35.5 Å². The zero-order valence-corrected chi connectivity index (χ0v) is 20.9. The van der Waals surface area contributed by atoms with Crippen LogP contribution < -0.4 is 5.32 Å². The molecule has 10 heteroatoms. The van der Waals surface area contributed by atoms with Crippen LogP contribution in [0.1, 0.15) is 37.0 Å². The highest BCUT2D eigenvalue weighted by atomic mass is 32.2. The molecule has 1 atom stereocenters. The van der Waals surface area contributed by atoms with Crippen molar-refractivity contribution < 1.29 is 9.53 Å². The van der Waals surface area contributed by atoms with Gasteiger partial charge in [-0.1, -0.05) is 30.8 Å². The first-order chi connectivity index (χ1) is 16.5. The van der Waals surface area contributed by atoms with E-state index in [1.807, 2.05) is 42.8 Å². The number of methoxy groups -OCH3 is 1. The SMILES string of the molecule is CC[C@H](Sc1nc2ccccc2c2nc(CCn3nc(C)cc3C)nn12)C(=O)NCCCOC. The molecule has 0 aliphatic carbocycles. The van der Waals surface area contributed by atoms with Gasteiger partial charge >= 0.3 is 0 Å². The van der Waals surface area contributed by atoms with Crippen molar-refractivity contribution in [2.75, 3.05) is 20.3 Å². The third kappa shape index (κ3) is 5.39. The maximum absolute atomic E-state index is 12.8. The number of carbonyl (C=O) groups excluding carboxylic acids is 1. The number of fused-ring (bicyclic) bond motifs is 3. The molecule has 0 spiro atoms. The van der Waals surface area contributed by atoms with E-state index in [1.54, 1.807) is 11.6 Å². The predicted molar refractivity (Wildman–Crippen MR) is 133 cm³/mol. The van der Waals surface area contributed by atoms with Gasteiger partial charge < -0.3 is 10.1 Å². The summed E-state index contributed by atoms with van der Waals surface area (Å²) >= 11 is 1.43. The van der Waals surface area contributed by atoms with Crippen LogP contribution in [0.5, 0.6) is 0 Å². The number of amides is 1. The number of hydrogen-bond acceptors (Lipinski definition) is 7. The quantitative estimate of drug-likeness (QED) is 0.199. The first-order valence-corrected chi connectivity index (χ1v) is 12.5. The molecule has 0 aliphatic heterocycles. The van der Waals surface area contributed by atoms with Crippen LogP contribution in [0, 0.1) is 13.8 Å². The number of aryl methyl sites for hydroxylation is 4. The number of carbonyl (C=O) groups is 1. The van der Waals surface area contributed by atoms with Gasteiger partial charge in [0, 0.05) is 44.3 Å². The second-order valence-corrected chi connectivity index (χ2v) is 9.40. The molecule has 180 valence electrons. The molecule has 0 saturated heterocycles. The van der Waals surface area contributed by atoms with E-state index >= 15 is 0 Å². The van der Waals surface area contributed by atoms with Crippen LogP contribution in [0.4, 0.5) is 0 Å². The zero-order valence-electron chi connectivity index (χ0n) is 20.1. The number of aromatic nitrogens is 6. The number of nitrogens with one attached hydrogen (secondary N) is 1. The lowest BCUT2D eigenvalue weighted by molar-refractivity contribution is -0.120. The second-order valence-electron chi connectivity index (χ2n) is 8.23. The minimum atomic E-state index is -0.276. The number of benzene rings is 1. The number of hydrogen-bond donors (Lipinski definition) is 1. The Labute approximate surface area is 203 Å². The Morgan fingerprint density at radius 3 is 2.76 bits per heavy atom. The zero-order chi connectivity index (χ0) is 24.1. The summed E-state index contributed by atoms with van der Waals surface area (Å²) in [5.74, 6) is 0.723. The minimum Gasteiger partial charge on any atom is -0.385 e. The van der Waals surface area contributed by atoms with E-state index < -0.39 is 0 Å². The van der Waals surface area contributed by atoms with Crippen molar-refractivity contribution in [1.29, 1.82) is 0 Å². The lowest BCUT2D eigenvalue weighted by Crippen LogP contribution is -2.33. The molecular weight excluding hydrogens is 450 g/mol. The molecule has 1 amide bonds. The van der Waals surface area contributed by atoms with Gasteiger partial charge in [0.2, 0.25) is 5.91 Å². The molecule has 34 heavy (non-hydrogen) atoms. The monoisotopic (exact) mass is 481 g/mol. The number of nitrogens with zero attached hydrogens (tertiary/aromatic N) is 6. The first kappa shape index (κ1) is 24.2. The molecule has 4 rings (SSSR count). The number of rotatable bonds is 11. The van der Waals surface area contributed by atoms with Crippen LogP contribution >= 0.6 is 11.8 Å². The summed E-state index contributed by atoms with van der Waals surface area (Å²) in [5, 5.41) is 13.6. The molecule has 1 aromatic carbocycles. The molecule has 0 saturated carbocycles. The highest BCUT2D eigenvalue weighted by Crippen LogP contribution is 2.28. The Morgan fingerprint density at radius 2 is 2.03 bits per heavy atom. The fourth-order valence-corrected chi connectivity index (χ4v) is 4.84. The van der Waals surface area contributed by atoms with Crippen molar-refractivity contribution in [2.24, 2.45) is 0 Å². The molecule has 0 bridgehead atoms. The molecule has 4 aromatic rings. The van der Waals surface area contributed by atoms with Crippen molar-refractivity contribution in [3.63, 3.8) is 0 Å². The van der Waals surface area contributed by atoms with E-state index in [0.29, 0.717) is 37.7 Å². The fourth-order valence-electron chi connectivity index (χ4n) is 3.85. The third-order valence-electron chi connectivity index (χ3n) is 5.58. The second kappa shape index (κ2) is 11.0. The van der Waals surface area contributed by atoms with E-state index in [-0.39, 0.29) is 11.2 Å². The summed E-state index contributed by atoms with van der Waals surface area (Å²) in [4.78, 5) is 22.5. The van der Waals surface area contributed by atoms with Gasteiger partial charge in [0.05, 0.1) is 16.5 Å². The average molecular weight is 482 g/mol. The van der Waals surface area contributed by atoms with Crippen LogP contribution in [0.2, 0.25) is 0 Å². The number of ether oxygens (including phenoxy) is 1. The normalized spacial score (nSPS) is 12.5. The third-order valence-corrected chi connectivity index (χ3v) is 6.89. The Kier molecular flexibility index (Phi) is 7.79. The lowest BCUT2D eigenvalue weighted by atomic mass is 10.2. The van der Waals surface area contributed by atoms with E-state index in [2.05, 4.69) is 23.4 Å². The number of thioether (sulfide) groups is 1. The molecule has 3 aromatic heterocycles. The molecule has 0 fully saturated rings. The van der Waals surface area contributed by atoms with Crippen molar-refractivity contribution in [3.05, 3.63) is 47.5 Å². The average Bonchev–Trinajstić information content (AvgIpc) is 3.41. The molecular formula is C24H31N7O2S. The highest BCUT2D eigenvalue weighted by molar-refractivity contribution is 8.00. The molecule has 0 unspecified atom stereocenters. The Balaban J connectivity index is 1.61. The van der Waals surface area contributed by atoms with Gasteiger partial charge in [-0.2, -0.15) is 9.61 Å². The summed E-state index contributed by atoms with van der Waals surface area (Å²) in [6.45, 7) is 7.96. The van der Waals surface area contributed by atoms with Crippen molar-refractivity contribution in [3.8, 4) is 0 Å². The minimum absolute atomic E-state index is 0.00317. The van der Waals surface area contributed by atoms with Gasteiger partial charge in [0.25, 0.3) is 0 Å². The van der Waals surface area contributed by atoms with Crippen LogP contribution in [-0.4, -0.2) is 60.8 Å². The van der Waals surface area contributed by atoms with Crippen LogP contribution in [0.25, 0.3) is 16.6 Å². The molecule has 1 N–H and O–H groups in total. The van der Waals surface area contributed by atoms with Crippen molar-refractivity contribution in [1.82, 2.24) is 34.7 Å². The van der Waals surface area contributed by atoms with Gasteiger partial charge in [-0.15, -0.1) is 5.10 Å². The van der Waals surface area contributed by atoms with Crippen molar-refractivity contribution >= 4 is 34.2 Å². The summed E-state index contributed by atoms with van der Waals surface area (Å²) in [7, 11) is 1.66. The maximum Gasteiger partial charge on any atom is 0.233 e. The molecule has 9 nitrogen and oxygen atoms in total. The largest absolute Gasteiger partial charge is 0.385 e. The van der Waals surface area contributed by atoms with Crippen molar-refractivity contribution in [2.45, 2.75) is 57.0 Å². The Morgan fingerprint density at radius 1 is 1.21 bits per heavy atom. The molecule has 0 radical (unpaired) electrons. The van der Waals surface area contributed by atoms with Gasteiger partial charge in [0.15, 0.2) is 16.6 Å². The van der Waals surface area contributed by atoms with Gasteiger partial charge in [-0.25, -0.2) is 9.97 Å². The van der Waals surface area contributed by atoms with Crippen LogP contribution in [0.3, 0.4) is 0 Å². The lowest BCUT2D eigenvalue weighted by Gasteiger charge is -2.15. The van der Waals surface area contributed by atoms with E-state index in [0.717, 1.165) is 40.2 Å². The van der Waals surface area contributed by atoms with E-state index in [1.165, 1.54) is 11.8 Å². The standard InChI is InChI=1S/C24H31N7O2S/c1-5-20(23(32)25-12-8-14-33-4)34-24-26-19-10-7-6-9-18(19)22-27-21(29-31(22)24)11-13-30-17(3)15-16(2)28-30/h6-7,9-10,15,20H,5,8,11-14H2,1-4H3,(H,25,32)/t20-/m0/s1. The van der Waals surface area contributed by atoms with Gasteiger partial charge in [0.1, 0.15) is 0 Å². The molecule has 0 aliphatic rings. The fraction of sp³-hybridized carbons (Fsp3) is 0.458. The highest BCUT2D eigenvalue weighted by Gasteiger charge is 2.22. The smallest absolute Gasteiger partial charge is 0.233 e. The Bertz CT molecular complexity index is 1280. The maximum atomic E-state index is 12.8. The first-order valence-electron chi connectivity index (χ1n) is 11.6. The molecule has 3 heterocycles. The van der Waals surface area contributed by atoms with E-state index in [9.17, 15) is 4.79 Å². The summed E-state index contributed by atoms with van der Waals surface area (Å²) in [5.41, 5.74) is 3.71. The van der Waals surface area contributed by atoms with E-state index in [4.69, 9.17) is 19.8 Å². The summed E-state index contributed by atoms with van der Waals surface area (Å²) in [6, 6.07) is 9.97. The van der Waals surface area contributed by atoms with Gasteiger partial charge in [-0.3, -0.25) is 9.48 Å². The van der Waals surface area contributed by atoms with Crippen LogP contribution in [-0.2, 0) is 22.5 Å². The Hall–Kier alpha value is -2.98. The summed E-state index contributed by atoms with van der Waals surface area (Å²) < 4.78 is 8.83.